The smallest absolute Gasteiger partial charge is 0.414 e. The molecule has 4 heteroatoms. The normalized spacial score (nSPS) is 11.6. The molecule has 2 aromatic rings. The maximum Gasteiger partial charge on any atom is 0.414 e. The number of para-hydroxylation sites is 1. The number of aromatic nitrogens is 1. The molecule has 0 atom stereocenters. The molecular formula is C15H20N2O2. The second-order valence-corrected chi connectivity index (χ2v) is 5.44. The summed E-state index contributed by atoms with van der Waals surface area (Å²) in [6, 6.07) is 7.91. The number of amides is 1. The van der Waals surface area contributed by atoms with Crippen LogP contribution in [0.15, 0.2) is 30.5 Å². The molecule has 102 valence electrons. The number of rotatable bonds is 2. The number of benzene rings is 1. The number of aromatic amines is 1. The van der Waals surface area contributed by atoms with Crippen LogP contribution in [-0.4, -0.2) is 23.2 Å². The van der Waals surface area contributed by atoms with Crippen molar-refractivity contribution in [1.29, 1.82) is 0 Å². The van der Waals surface area contributed by atoms with Crippen LogP contribution in [0.25, 0.3) is 10.9 Å². The average molecular weight is 260 g/mol. The average Bonchev–Trinajstić information content (AvgIpc) is 2.72. The van der Waals surface area contributed by atoms with Gasteiger partial charge in [-0.05, 0) is 33.8 Å². The minimum Gasteiger partial charge on any atom is -0.443 e. The number of hydrogen-bond acceptors (Lipinski definition) is 2. The Balaban J connectivity index is 2.34. The summed E-state index contributed by atoms with van der Waals surface area (Å²) in [4.78, 5) is 17.0. The van der Waals surface area contributed by atoms with Gasteiger partial charge in [0.25, 0.3) is 0 Å². The highest BCUT2D eigenvalue weighted by atomic mass is 16.6. The van der Waals surface area contributed by atoms with Gasteiger partial charge in [0, 0.05) is 23.6 Å². The first kappa shape index (κ1) is 13.5. The summed E-state index contributed by atoms with van der Waals surface area (Å²) in [5.74, 6) is 0. The summed E-state index contributed by atoms with van der Waals surface area (Å²) in [5, 5.41) is 1.02. The van der Waals surface area contributed by atoms with E-state index in [-0.39, 0.29) is 6.09 Å². The van der Waals surface area contributed by atoms with Crippen molar-refractivity contribution in [3.63, 3.8) is 0 Å². The van der Waals surface area contributed by atoms with E-state index in [0.29, 0.717) is 6.54 Å². The van der Waals surface area contributed by atoms with E-state index >= 15 is 0 Å². The van der Waals surface area contributed by atoms with Gasteiger partial charge in [0.1, 0.15) is 5.60 Å². The molecule has 0 saturated heterocycles. The number of ether oxygens (including phenoxy) is 1. The van der Waals surface area contributed by atoms with Crippen molar-refractivity contribution in [1.82, 2.24) is 4.98 Å². The van der Waals surface area contributed by atoms with Crippen molar-refractivity contribution in [3.8, 4) is 0 Å². The second-order valence-electron chi connectivity index (χ2n) is 5.44. The molecule has 0 radical (unpaired) electrons. The zero-order valence-electron chi connectivity index (χ0n) is 11.9. The second kappa shape index (κ2) is 4.96. The highest BCUT2D eigenvalue weighted by Gasteiger charge is 2.23. The summed E-state index contributed by atoms with van der Waals surface area (Å²) < 4.78 is 5.44. The molecule has 0 aliphatic rings. The fourth-order valence-electron chi connectivity index (χ4n) is 1.99. The first-order chi connectivity index (χ1) is 8.92. The Kier molecular flexibility index (Phi) is 3.51. The molecule has 0 unspecified atom stereocenters. The Morgan fingerprint density at radius 3 is 2.63 bits per heavy atom. The van der Waals surface area contributed by atoms with Crippen molar-refractivity contribution < 1.29 is 9.53 Å². The van der Waals surface area contributed by atoms with E-state index in [4.69, 9.17) is 4.74 Å². The number of fused-ring (bicyclic) bond motifs is 1. The monoisotopic (exact) mass is 260 g/mol. The number of H-pyrrole nitrogens is 1. The molecule has 4 nitrogen and oxygen atoms in total. The maximum atomic E-state index is 12.2. The van der Waals surface area contributed by atoms with Crippen LogP contribution < -0.4 is 4.90 Å². The molecule has 0 saturated carbocycles. The number of carbonyl (C=O) groups is 1. The zero-order chi connectivity index (χ0) is 14.0. The molecular weight excluding hydrogens is 240 g/mol. The molecule has 0 aliphatic carbocycles. The van der Waals surface area contributed by atoms with Gasteiger partial charge in [-0.1, -0.05) is 18.2 Å². The largest absolute Gasteiger partial charge is 0.443 e. The first-order valence-electron chi connectivity index (χ1n) is 6.49. The molecule has 1 amide bonds. The quantitative estimate of drug-likeness (QED) is 0.889. The minimum absolute atomic E-state index is 0.320. The van der Waals surface area contributed by atoms with Crippen LogP contribution in [0.1, 0.15) is 27.7 Å². The molecule has 2 rings (SSSR count). The van der Waals surface area contributed by atoms with Crippen molar-refractivity contribution >= 4 is 22.7 Å². The number of hydrogen-bond donors (Lipinski definition) is 1. The van der Waals surface area contributed by atoms with E-state index in [9.17, 15) is 4.79 Å². The van der Waals surface area contributed by atoms with Gasteiger partial charge < -0.3 is 9.72 Å². The fraction of sp³-hybridized carbons (Fsp3) is 0.400. The Bertz CT molecular complexity index is 581. The molecule has 1 aromatic carbocycles. The van der Waals surface area contributed by atoms with E-state index in [1.54, 1.807) is 4.90 Å². The van der Waals surface area contributed by atoms with Crippen LogP contribution in [0.2, 0.25) is 0 Å². The van der Waals surface area contributed by atoms with Gasteiger partial charge in [-0.2, -0.15) is 0 Å². The van der Waals surface area contributed by atoms with Gasteiger partial charge in [-0.25, -0.2) is 4.79 Å². The molecule has 1 N–H and O–H groups in total. The predicted molar refractivity (Wildman–Crippen MR) is 77.6 cm³/mol. The SMILES string of the molecule is CCN(C(=O)OC(C)(C)C)c1c[nH]c2ccccc12. The highest BCUT2D eigenvalue weighted by Crippen LogP contribution is 2.27. The molecule has 0 spiro atoms. The summed E-state index contributed by atoms with van der Waals surface area (Å²) in [7, 11) is 0. The lowest BCUT2D eigenvalue weighted by Gasteiger charge is -2.26. The van der Waals surface area contributed by atoms with Crippen LogP contribution in [0.3, 0.4) is 0 Å². The Hall–Kier alpha value is -1.97. The summed E-state index contributed by atoms with van der Waals surface area (Å²) in [5.41, 5.74) is 1.38. The summed E-state index contributed by atoms with van der Waals surface area (Å²) in [6.07, 6.45) is 1.53. The minimum atomic E-state index is -0.489. The standard InChI is InChI=1S/C15H20N2O2/c1-5-17(14(18)19-15(2,3)4)13-10-16-12-9-7-6-8-11(12)13/h6-10,16H,5H2,1-4H3. The Labute approximate surface area is 113 Å². The number of anilines is 1. The van der Waals surface area contributed by atoms with Gasteiger partial charge in [-0.15, -0.1) is 0 Å². The van der Waals surface area contributed by atoms with Crippen LogP contribution in [-0.2, 0) is 4.74 Å². The summed E-state index contributed by atoms with van der Waals surface area (Å²) >= 11 is 0. The predicted octanol–water partition coefficient (Wildman–Crippen LogP) is 3.93. The van der Waals surface area contributed by atoms with Crippen molar-refractivity contribution in [2.75, 3.05) is 11.4 Å². The third kappa shape index (κ3) is 2.89. The van der Waals surface area contributed by atoms with Gasteiger partial charge in [0.15, 0.2) is 0 Å². The van der Waals surface area contributed by atoms with E-state index in [2.05, 4.69) is 4.98 Å². The third-order valence-corrected chi connectivity index (χ3v) is 2.79. The number of carbonyl (C=O) groups excluding carboxylic acids is 1. The van der Waals surface area contributed by atoms with Gasteiger partial charge >= 0.3 is 6.09 Å². The highest BCUT2D eigenvalue weighted by molar-refractivity contribution is 6.00. The van der Waals surface area contributed by atoms with Crippen molar-refractivity contribution in [2.24, 2.45) is 0 Å². The molecule has 0 aliphatic heterocycles. The lowest BCUT2D eigenvalue weighted by atomic mass is 10.2. The van der Waals surface area contributed by atoms with Gasteiger partial charge in [0.05, 0.1) is 5.69 Å². The third-order valence-electron chi connectivity index (χ3n) is 2.79. The van der Waals surface area contributed by atoms with E-state index < -0.39 is 5.60 Å². The fourth-order valence-corrected chi connectivity index (χ4v) is 1.99. The topological polar surface area (TPSA) is 45.3 Å². The molecule has 1 aromatic heterocycles. The van der Waals surface area contributed by atoms with Gasteiger partial charge in [0.2, 0.25) is 0 Å². The van der Waals surface area contributed by atoms with Gasteiger partial charge in [-0.3, -0.25) is 4.90 Å². The molecule has 0 bridgehead atoms. The lowest BCUT2D eigenvalue weighted by molar-refractivity contribution is 0.0582. The van der Waals surface area contributed by atoms with Crippen LogP contribution >= 0.6 is 0 Å². The van der Waals surface area contributed by atoms with Crippen LogP contribution in [0.5, 0.6) is 0 Å². The van der Waals surface area contributed by atoms with E-state index in [1.807, 2.05) is 58.2 Å². The Morgan fingerprint density at radius 2 is 2.00 bits per heavy atom. The van der Waals surface area contributed by atoms with Crippen LogP contribution in [0.4, 0.5) is 10.5 Å². The summed E-state index contributed by atoms with van der Waals surface area (Å²) in [6.45, 7) is 8.11. The van der Waals surface area contributed by atoms with E-state index in [0.717, 1.165) is 16.6 Å². The first-order valence-corrected chi connectivity index (χ1v) is 6.49. The van der Waals surface area contributed by atoms with E-state index in [1.165, 1.54) is 0 Å². The maximum absolute atomic E-state index is 12.2. The Morgan fingerprint density at radius 1 is 1.32 bits per heavy atom. The molecule has 19 heavy (non-hydrogen) atoms. The zero-order valence-corrected chi connectivity index (χ0v) is 11.9. The van der Waals surface area contributed by atoms with Crippen molar-refractivity contribution in [3.05, 3.63) is 30.5 Å². The molecule has 1 heterocycles. The lowest BCUT2D eigenvalue weighted by Crippen LogP contribution is -2.36. The number of nitrogens with one attached hydrogen (secondary N) is 1. The van der Waals surface area contributed by atoms with Crippen molar-refractivity contribution in [2.45, 2.75) is 33.3 Å². The number of nitrogens with zero attached hydrogens (tertiary/aromatic N) is 1. The molecule has 0 fully saturated rings. The van der Waals surface area contributed by atoms with Crippen LogP contribution in [0, 0.1) is 0 Å².